The lowest BCUT2D eigenvalue weighted by molar-refractivity contribution is 0.0554. The van der Waals surface area contributed by atoms with Gasteiger partial charge >= 0.3 is 11.9 Å². The van der Waals surface area contributed by atoms with Gasteiger partial charge in [-0.15, -0.1) is 11.3 Å². The molecule has 2 aromatic carbocycles. The Labute approximate surface area is 180 Å². The molecule has 0 fully saturated rings. The van der Waals surface area contributed by atoms with Crippen LogP contribution in [0, 0.1) is 6.92 Å². The largest absolute Gasteiger partial charge is 0.465 e. The lowest BCUT2D eigenvalue weighted by atomic mass is 10.1. The second-order valence-corrected chi connectivity index (χ2v) is 8.09. The number of methoxy groups -OCH3 is 2. The molecule has 0 saturated heterocycles. The lowest BCUT2D eigenvalue weighted by Crippen LogP contribution is -2.21. The third kappa shape index (κ3) is 4.81. The maximum Gasteiger partial charge on any atom is 0.341 e. The van der Waals surface area contributed by atoms with Crippen LogP contribution in [0.3, 0.4) is 0 Å². The molecule has 0 aliphatic rings. The van der Waals surface area contributed by atoms with Crippen molar-refractivity contribution in [2.75, 3.05) is 14.2 Å². The Morgan fingerprint density at radius 1 is 0.931 bits per heavy atom. The smallest absolute Gasteiger partial charge is 0.341 e. The monoisotopic (exact) mass is 471 g/mol. The molecule has 7 heteroatoms. The van der Waals surface area contributed by atoms with Crippen molar-refractivity contribution < 1.29 is 19.1 Å². The molecule has 5 nitrogen and oxygen atoms in total. The quantitative estimate of drug-likeness (QED) is 0.484. The first-order valence-corrected chi connectivity index (χ1v) is 10.3. The van der Waals surface area contributed by atoms with E-state index in [0.29, 0.717) is 10.4 Å². The summed E-state index contributed by atoms with van der Waals surface area (Å²) in [5, 5.41) is 0. The van der Waals surface area contributed by atoms with Crippen LogP contribution in [0.2, 0.25) is 0 Å². The molecule has 0 spiro atoms. The summed E-state index contributed by atoms with van der Waals surface area (Å²) >= 11 is 4.72. The van der Waals surface area contributed by atoms with Gasteiger partial charge in [-0.2, -0.15) is 0 Å². The molecule has 0 saturated carbocycles. The Bertz CT molecular complexity index is 1120. The number of carbonyl (C=O) groups excluding carboxylic acids is 2. The summed E-state index contributed by atoms with van der Waals surface area (Å²) < 4.78 is 11.2. The van der Waals surface area contributed by atoms with Crippen molar-refractivity contribution in [2.24, 2.45) is 4.99 Å². The Morgan fingerprint density at radius 2 is 1.55 bits per heavy atom. The highest BCUT2D eigenvalue weighted by Crippen LogP contribution is 2.27. The molecule has 1 aromatic heterocycles. The molecule has 0 aliphatic carbocycles. The standard InChI is InChI=1S/C22H18BrNO4S/c1-13-4-10-16(11-5-13)24-20-19(22(26)28-3)17(21(25)27-2)12-18(29-20)14-6-8-15(23)9-7-14/h4-12H,1-3H3. The number of nitrogens with zero attached hydrogens (tertiary/aromatic N) is 1. The normalized spacial score (nSPS) is 11.2. The molecule has 0 amide bonds. The van der Waals surface area contributed by atoms with Gasteiger partial charge in [0.25, 0.3) is 0 Å². The van der Waals surface area contributed by atoms with Gasteiger partial charge in [0.05, 0.1) is 25.5 Å². The van der Waals surface area contributed by atoms with E-state index in [1.807, 2.05) is 55.5 Å². The molecule has 0 aliphatic heterocycles. The summed E-state index contributed by atoms with van der Waals surface area (Å²) in [5.74, 6) is -1.27. The van der Waals surface area contributed by atoms with Crippen molar-refractivity contribution in [1.82, 2.24) is 0 Å². The number of halogens is 1. The van der Waals surface area contributed by atoms with Gasteiger partial charge in [0.15, 0.2) is 0 Å². The fourth-order valence-electron chi connectivity index (χ4n) is 2.65. The maximum atomic E-state index is 12.5. The van der Waals surface area contributed by atoms with Crippen molar-refractivity contribution >= 4 is 44.9 Å². The van der Waals surface area contributed by atoms with Crippen LogP contribution < -0.4 is 4.67 Å². The zero-order valence-corrected chi connectivity index (χ0v) is 18.5. The van der Waals surface area contributed by atoms with E-state index in [-0.39, 0.29) is 11.1 Å². The number of benzene rings is 2. The second kappa shape index (κ2) is 9.15. The molecule has 3 aromatic rings. The number of hydrogen-bond donors (Lipinski definition) is 0. The van der Waals surface area contributed by atoms with Crippen LogP contribution in [0.25, 0.3) is 10.4 Å². The highest BCUT2D eigenvalue weighted by atomic mass is 79.9. The van der Waals surface area contributed by atoms with Crippen molar-refractivity contribution in [3.63, 3.8) is 0 Å². The molecular weight excluding hydrogens is 454 g/mol. The summed E-state index contributed by atoms with van der Waals surface area (Å²) in [6, 6.07) is 16.9. The molecule has 0 atom stereocenters. The Kier molecular flexibility index (Phi) is 6.61. The van der Waals surface area contributed by atoms with Crippen molar-refractivity contribution in [2.45, 2.75) is 6.92 Å². The summed E-state index contributed by atoms with van der Waals surface area (Å²) in [6.07, 6.45) is 0. The third-order valence-electron chi connectivity index (χ3n) is 4.15. The van der Waals surface area contributed by atoms with Crippen molar-refractivity contribution in [3.8, 4) is 10.4 Å². The Hall–Kier alpha value is -2.77. The zero-order chi connectivity index (χ0) is 21.0. The predicted octanol–water partition coefficient (Wildman–Crippen LogP) is 5.29. The number of aryl methyl sites for hydroxylation is 1. The second-order valence-electron chi connectivity index (χ2n) is 6.14. The summed E-state index contributed by atoms with van der Waals surface area (Å²) in [5.41, 5.74) is 2.85. The fraction of sp³-hybridized carbons (Fsp3) is 0.136. The van der Waals surface area contributed by atoms with Crippen LogP contribution >= 0.6 is 27.3 Å². The van der Waals surface area contributed by atoms with Crippen molar-refractivity contribution in [1.29, 1.82) is 0 Å². The van der Waals surface area contributed by atoms with Crippen LogP contribution in [0.5, 0.6) is 0 Å². The van der Waals surface area contributed by atoms with Crippen LogP contribution in [0.1, 0.15) is 26.3 Å². The van der Waals surface area contributed by atoms with Gasteiger partial charge in [-0.05, 0) is 42.8 Å². The van der Waals surface area contributed by atoms with Gasteiger partial charge in [-0.1, -0.05) is 45.8 Å². The highest BCUT2D eigenvalue weighted by Gasteiger charge is 2.23. The molecule has 148 valence electrons. The van der Waals surface area contributed by atoms with Gasteiger partial charge in [0, 0.05) is 9.35 Å². The number of carbonyl (C=O) groups is 2. The van der Waals surface area contributed by atoms with Crippen LogP contribution in [0.4, 0.5) is 5.69 Å². The molecule has 0 unspecified atom stereocenters. The first kappa shape index (κ1) is 21.0. The van der Waals surface area contributed by atoms with E-state index in [4.69, 9.17) is 9.47 Å². The van der Waals surface area contributed by atoms with E-state index >= 15 is 0 Å². The van der Waals surface area contributed by atoms with Crippen LogP contribution in [0.15, 0.2) is 64.1 Å². The summed E-state index contributed by atoms with van der Waals surface area (Å²) in [7, 11) is 2.54. The fourth-order valence-corrected chi connectivity index (χ4v) is 3.99. The van der Waals surface area contributed by atoms with Gasteiger partial charge in [0.1, 0.15) is 10.2 Å². The van der Waals surface area contributed by atoms with E-state index in [1.165, 1.54) is 25.6 Å². The first-order chi connectivity index (χ1) is 13.9. The van der Waals surface area contributed by atoms with Gasteiger partial charge in [-0.25, -0.2) is 14.6 Å². The number of ether oxygens (including phenoxy) is 2. The van der Waals surface area contributed by atoms with Crippen LogP contribution in [-0.2, 0) is 9.47 Å². The topological polar surface area (TPSA) is 65.0 Å². The van der Waals surface area contributed by atoms with Crippen LogP contribution in [-0.4, -0.2) is 26.2 Å². The molecule has 3 rings (SSSR count). The maximum absolute atomic E-state index is 12.5. The minimum atomic E-state index is -0.644. The molecule has 1 heterocycles. The van der Waals surface area contributed by atoms with E-state index in [2.05, 4.69) is 20.9 Å². The minimum absolute atomic E-state index is 0.0887. The van der Waals surface area contributed by atoms with Gasteiger partial charge in [-0.3, -0.25) is 0 Å². The van der Waals surface area contributed by atoms with E-state index < -0.39 is 11.9 Å². The number of esters is 2. The van der Waals surface area contributed by atoms with E-state index in [1.54, 1.807) is 6.07 Å². The lowest BCUT2D eigenvalue weighted by Gasteiger charge is -2.10. The number of hydrogen-bond acceptors (Lipinski definition) is 6. The molecular formula is C22H18BrNO4S. The average Bonchev–Trinajstić information content (AvgIpc) is 2.74. The van der Waals surface area contributed by atoms with Gasteiger partial charge < -0.3 is 9.47 Å². The SMILES string of the molecule is COC(=O)c1cc(-c2ccc(Br)cc2)sc(=Nc2ccc(C)cc2)c1C(=O)OC. The molecule has 0 bridgehead atoms. The zero-order valence-electron chi connectivity index (χ0n) is 16.1. The molecule has 0 radical (unpaired) electrons. The molecule has 29 heavy (non-hydrogen) atoms. The predicted molar refractivity (Wildman–Crippen MR) is 117 cm³/mol. The third-order valence-corrected chi connectivity index (χ3v) is 5.74. The van der Waals surface area contributed by atoms with E-state index in [0.717, 1.165) is 20.5 Å². The Balaban J connectivity index is 2.33. The van der Waals surface area contributed by atoms with Gasteiger partial charge in [0.2, 0.25) is 0 Å². The number of rotatable bonds is 4. The minimum Gasteiger partial charge on any atom is -0.465 e. The first-order valence-electron chi connectivity index (χ1n) is 8.65. The van der Waals surface area contributed by atoms with Crippen molar-refractivity contribution in [3.05, 3.63) is 80.4 Å². The molecule has 0 N–H and O–H groups in total. The highest BCUT2D eigenvalue weighted by molar-refractivity contribution is 9.10. The average molecular weight is 472 g/mol. The summed E-state index contributed by atoms with van der Waals surface area (Å²) in [4.78, 5) is 30.4. The summed E-state index contributed by atoms with van der Waals surface area (Å²) in [6.45, 7) is 1.98. The van der Waals surface area contributed by atoms with E-state index in [9.17, 15) is 9.59 Å². The Morgan fingerprint density at radius 3 is 2.14 bits per heavy atom.